The highest BCUT2D eigenvalue weighted by molar-refractivity contribution is 5.36. The summed E-state index contributed by atoms with van der Waals surface area (Å²) in [6.07, 6.45) is 3.48. The Balaban J connectivity index is 1.73. The zero-order valence-corrected chi connectivity index (χ0v) is 12.3. The lowest BCUT2D eigenvalue weighted by Gasteiger charge is -2.15. The minimum atomic E-state index is -0.0657. The van der Waals surface area contributed by atoms with E-state index in [0.717, 1.165) is 41.9 Å². The molecule has 0 aromatic heterocycles. The molecule has 1 atom stereocenters. The molecule has 0 bridgehead atoms. The predicted molar refractivity (Wildman–Crippen MR) is 83.7 cm³/mol. The second-order valence-electron chi connectivity index (χ2n) is 5.51. The quantitative estimate of drug-likeness (QED) is 0.882. The molecule has 1 aliphatic carbocycles. The molecular formula is C18H21NO2. The number of ether oxygens (including phenoxy) is 2. The van der Waals surface area contributed by atoms with Gasteiger partial charge in [-0.3, -0.25) is 0 Å². The molecule has 0 amide bonds. The maximum absolute atomic E-state index is 6.35. The number of para-hydroxylation sites is 1. The van der Waals surface area contributed by atoms with E-state index in [1.54, 1.807) is 7.11 Å². The van der Waals surface area contributed by atoms with Crippen molar-refractivity contribution in [2.45, 2.75) is 31.4 Å². The van der Waals surface area contributed by atoms with E-state index in [4.69, 9.17) is 15.2 Å². The van der Waals surface area contributed by atoms with Crippen LogP contribution >= 0.6 is 0 Å². The normalized spacial score (nSPS) is 15.5. The van der Waals surface area contributed by atoms with Gasteiger partial charge in [0, 0.05) is 6.04 Å². The van der Waals surface area contributed by atoms with Gasteiger partial charge in [0.15, 0.2) is 0 Å². The van der Waals surface area contributed by atoms with Gasteiger partial charge in [0.2, 0.25) is 0 Å². The van der Waals surface area contributed by atoms with Crippen molar-refractivity contribution >= 4 is 0 Å². The lowest BCUT2D eigenvalue weighted by atomic mass is 9.99. The van der Waals surface area contributed by atoms with E-state index in [2.05, 4.69) is 18.2 Å². The number of nitrogens with two attached hydrogens (primary N) is 1. The second-order valence-corrected chi connectivity index (χ2v) is 5.51. The van der Waals surface area contributed by atoms with Crippen molar-refractivity contribution in [3.63, 3.8) is 0 Å². The Morgan fingerprint density at radius 3 is 2.71 bits per heavy atom. The van der Waals surface area contributed by atoms with E-state index in [9.17, 15) is 0 Å². The van der Waals surface area contributed by atoms with Gasteiger partial charge in [-0.25, -0.2) is 0 Å². The molecule has 0 spiro atoms. The molecule has 2 N–H and O–H groups in total. The average Bonchev–Trinajstić information content (AvgIpc) is 3.32. The van der Waals surface area contributed by atoms with E-state index in [0.29, 0.717) is 6.10 Å². The Morgan fingerprint density at radius 2 is 1.95 bits per heavy atom. The summed E-state index contributed by atoms with van der Waals surface area (Å²) in [5.74, 6) is 1.81. The zero-order valence-electron chi connectivity index (χ0n) is 12.3. The summed E-state index contributed by atoms with van der Waals surface area (Å²) in [6.45, 7) is 0. The summed E-state index contributed by atoms with van der Waals surface area (Å²) in [7, 11) is 1.69. The van der Waals surface area contributed by atoms with Crippen LogP contribution in [0.3, 0.4) is 0 Å². The topological polar surface area (TPSA) is 44.5 Å². The molecule has 21 heavy (non-hydrogen) atoms. The molecule has 2 aromatic rings. The van der Waals surface area contributed by atoms with Crippen molar-refractivity contribution in [1.82, 2.24) is 0 Å². The number of methoxy groups -OCH3 is 1. The third kappa shape index (κ3) is 3.56. The summed E-state index contributed by atoms with van der Waals surface area (Å²) in [5.41, 5.74) is 8.58. The van der Waals surface area contributed by atoms with Gasteiger partial charge in [-0.1, -0.05) is 30.3 Å². The van der Waals surface area contributed by atoms with Crippen molar-refractivity contribution in [1.29, 1.82) is 0 Å². The SMILES string of the molecule is COc1ccccc1CC(N)c1cccc(OC2CC2)c1. The van der Waals surface area contributed by atoms with Crippen LogP contribution < -0.4 is 15.2 Å². The first kappa shape index (κ1) is 14.0. The molecule has 1 aliphatic rings. The van der Waals surface area contributed by atoms with Gasteiger partial charge >= 0.3 is 0 Å². The molecule has 3 rings (SSSR count). The molecule has 110 valence electrons. The standard InChI is InChI=1S/C18H21NO2/c1-20-18-8-3-2-5-14(18)12-17(19)13-6-4-7-16(11-13)21-15-9-10-15/h2-8,11,15,17H,9-10,12,19H2,1H3. The van der Waals surface area contributed by atoms with Gasteiger partial charge in [0.05, 0.1) is 13.2 Å². The fourth-order valence-corrected chi connectivity index (χ4v) is 2.42. The van der Waals surface area contributed by atoms with Crippen LogP contribution in [-0.4, -0.2) is 13.2 Å². The van der Waals surface area contributed by atoms with Crippen molar-refractivity contribution in [2.24, 2.45) is 5.73 Å². The van der Waals surface area contributed by atoms with Crippen LogP contribution in [0.4, 0.5) is 0 Å². The molecule has 3 nitrogen and oxygen atoms in total. The highest BCUT2D eigenvalue weighted by Gasteiger charge is 2.23. The molecule has 1 fully saturated rings. The van der Waals surface area contributed by atoms with Crippen molar-refractivity contribution in [2.75, 3.05) is 7.11 Å². The molecule has 3 heteroatoms. The number of hydrogen-bond donors (Lipinski definition) is 1. The lowest BCUT2D eigenvalue weighted by molar-refractivity contribution is 0.302. The van der Waals surface area contributed by atoms with Crippen LogP contribution in [0.5, 0.6) is 11.5 Å². The van der Waals surface area contributed by atoms with Gasteiger partial charge in [-0.05, 0) is 48.6 Å². The Kier molecular flexibility index (Phi) is 4.11. The van der Waals surface area contributed by atoms with Crippen LogP contribution in [0.25, 0.3) is 0 Å². The van der Waals surface area contributed by atoms with Gasteiger partial charge < -0.3 is 15.2 Å². The molecule has 1 unspecified atom stereocenters. The summed E-state index contributed by atoms with van der Waals surface area (Å²) in [6, 6.07) is 16.1. The minimum absolute atomic E-state index is 0.0657. The molecule has 0 aliphatic heterocycles. The van der Waals surface area contributed by atoms with E-state index < -0.39 is 0 Å². The van der Waals surface area contributed by atoms with E-state index >= 15 is 0 Å². The highest BCUT2D eigenvalue weighted by Crippen LogP contribution is 2.29. The largest absolute Gasteiger partial charge is 0.496 e. The van der Waals surface area contributed by atoms with E-state index in [-0.39, 0.29) is 6.04 Å². The molecular weight excluding hydrogens is 262 g/mol. The van der Waals surface area contributed by atoms with Crippen molar-refractivity contribution in [3.05, 3.63) is 59.7 Å². The highest BCUT2D eigenvalue weighted by atomic mass is 16.5. The first-order valence-corrected chi connectivity index (χ1v) is 7.40. The van der Waals surface area contributed by atoms with Crippen LogP contribution in [0.15, 0.2) is 48.5 Å². The van der Waals surface area contributed by atoms with Gasteiger partial charge in [-0.15, -0.1) is 0 Å². The summed E-state index contributed by atoms with van der Waals surface area (Å²) < 4.78 is 11.2. The van der Waals surface area contributed by atoms with Crippen LogP contribution in [0.1, 0.15) is 30.0 Å². The third-order valence-electron chi connectivity index (χ3n) is 3.75. The van der Waals surface area contributed by atoms with Gasteiger partial charge in [-0.2, -0.15) is 0 Å². The monoisotopic (exact) mass is 283 g/mol. The third-order valence-corrected chi connectivity index (χ3v) is 3.75. The number of hydrogen-bond acceptors (Lipinski definition) is 3. The Hall–Kier alpha value is -2.00. The maximum Gasteiger partial charge on any atom is 0.122 e. The molecule has 0 heterocycles. The average molecular weight is 283 g/mol. The van der Waals surface area contributed by atoms with Gasteiger partial charge in [0.1, 0.15) is 11.5 Å². The summed E-state index contributed by atoms with van der Waals surface area (Å²) in [5, 5.41) is 0. The Labute approximate surface area is 125 Å². The van der Waals surface area contributed by atoms with E-state index in [1.807, 2.05) is 30.3 Å². The fraction of sp³-hybridized carbons (Fsp3) is 0.333. The second kappa shape index (κ2) is 6.19. The molecule has 0 radical (unpaired) electrons. The van der Waals surface area contributed by atoms with E-state index in [1.165, 1.54) is 0 Å². The maximum atomic E-state index is 6.35. The molecule has 0 saturated heterocycles. The summed E-state index contributed by atoms with van der Waals surface area (Å²) in [4.78, 5) is 0. The zero-order chi connectivity index (χ0) is 14.7. The number of benzene rings is 2. The van der Waals surface area contributed by atoms with Gasteiger partial charge in [0.25, 0.3) is 0 Å². The minimum Gasteiger partial charge on any atom is -0.496 e. The first-order valence-electron chi connectivity index (χ1n) is 7.40. The smallest absolute Gasteiger partial charge is 0.122 e. The predicted octanol–water partition coefficient (Wildman–Crippen LogP) is 3.48. The molecule has 1 saturated carbocycles. The molecule has 2 aromatic carbocycles. The van der Waals surface area contributed by atoms with Crippen molar-refractivity contribution < 1.29 is 9.47 Å². The Morgan fingerprint density at radius 1 is 1.14 bits per heavy atom. The lowest BCUT2D eigenvalue weighted by Crippen LogP contribution is -2.14. The van der Waals surface area contributed by atoms with Crippen LogP contribution in [-0.2, 0) is 6.42 Å². The number of rotatable bonds is 6. The first-order chi connectivity index (χ1) is 10.3. The fourth-order valence-electron chi connectivity index (χ4n) is 2.42. The van der Waals surface area contributed by atoms with Crippen LogP contribution in [0.2, 0.25) is 0 Å². The summed E-state index contributed by atoms with van der Waals surface area (Å²) >= 11 is 0. The van der Waals surface area contributed by atoms with Crippen LogP contribution in [0, 0.1) is 0 Å². The Bertz CT molecular complexity index is 608. The van der Waals surface area contributed by atoms with Crippen molar-refractivity contribution in [3.8, 4) is 11.5 Å².